The molecule has 14 nitrogen and oxygen atoms in total. The Labute approximate surface area is 331 Å². The molecule has 14 heteroatoms. The van der Waals surface area contributed by atoms with E-state index in [9.17, 15) is 24.6 Å². The summed E-state index contributed by atoms with van der Waals surface area (Å²) in [7, 11) is 3.04. The minimum absolute atomic E-state index is 0.0390. The largest absolute Gasteiger partial charge is 0.458 e. The zero-order chi connectivity index (χ0) is 40.7. The Bertz CT molecular complexity index is 1490. The molecule has 0 aromatic heterocycles. The minimum atomic E-state index is -1.21. The first kappa shape index (κ1) is 42.4. The molecule has 0 aromatic carbocycles. The Kier molecular flexibility index (Phi) is 11.6. The maximum atomic E-state index is 13.7. The first-order chi connectivity index (χ1) is 26.4. The van der Waals surface area contributed by atoms with Crippen LogP contribution in [0.4, 0.5) is 0 Å². The van der Waals surface area contributed by atoms with Gasteiger partial charge in [0.25, 0.3) is 0 Å². The van der Waals surface area contributed by atoms with Crippen LogP contribution in [0.15, 0.2) is 0 Å². The van der Waals surface area contributed by atoms with Crippen molar-refractivity contribution in [2.24, 2.45) is 34.5 Å². The molecule has 3 heterocycles. The molecular weight excluding hydrogens is 728 g/mol. The third-order valence-electron chi connectivity index (χ3n) is 15.8. The van der Waals surface area contributed by atoms with Crippen LogP contribution in [-0.4, -0.2) is 127 Å². The van der Waals surface area contributed by atoms with Crippen molar-refractivity contribution >= 4 is 17.7 Å². The number of carbonyl (C=O) groups excluding carboxylic acids is 3. The van der Waals surface area contributed by atoms with E-state index < -0.39 is 90.1 Å². The van der Waals surface area contributed by atoms with Gasteiger partial charge < -0.3 is 52.8 Å². The number of hydrogen-bond donors (Lipinski definition) is 2. The summed E-state index contributed by atoms with van der Waals surface area (Å²) in [5, 5.41) is 21.3. The minimum Gasteiger partial charge on any atom is -0.458 e. The van der Waals surface area contributed by atoms with Crippen molar-refractivity contribution < 1.29 is 67.2 Å². The molecule has 0 radical (unpaired) electrons. The highest BCUT2D eigenvalue weighted by Gasteiger charge is 2.91. The molecule has 3 saturated heterocycles. The third kappa shape index (κ3) is 6.42. The predicted octanol–water partition coefficient (Wildman–Crippen LogP) is 4.02. The molecule has 2 unspecified atom stereocenters. The molecule has 7 fully saturated rings. The van der Waals surface area contributed by atoms with Crippen molar-refractivity contribution in [3.63, 3.8) is 0 Å². The van der Waals surface area contributed by atoms with Gasteiger partial charge in [-0.25, -0.2) is 0 Å². The standard InChI is InChI=1S/C42H66O14/c1-11-20(2)37(47)54-34-35-39(7)15-13-26(53-29-19-28(48-9)32(23(5)50-29)55-38-31(46)33(49-10)30(45)22(4)51-38)18-25(39)12-16-41(35)42(56-41)17-14-27(21(3)43)40(42,8)36(34)52-24(6)44/h20,22-23,25-36,38,45-46H,11-19H2,1-10H3/t20-,22-,23-,25?,26?,27+,28-,29+,30-,31-,32-,33-,34+,35+,36-,38+,39+,40-,41+,42-/m1/s1. The van der Waals surface area contributed by atoms with Gasteiger partial charge in [-0.2, -0.15) is 0 Å². The normalized spacial score (nSPS) is 51.4. The van der Waals surface area contributed by atoms with Crippen molar-refractivity contribution in [2.75, 3.05) is 14.2 Å². The van der Waals surface area contributed by atoms with Crippen LogP contribution in [0.2, 0.25) is 0 Å². The van der Waals surface area contributed by atoms with Gasteiger partial charge in [0.2, 0.25) is 0 Å². The monoisotopic (exact) mass is 794 g/mol. The summed E-state index contributed by atoms with van der Waals surface area (Å²) in [6.45, 7) is 14.7. The second-order valence-electron chi connectivity index (χ2n) is 18.6. The van der Waals surface area contributed by atoms with Crippen LogP contribution in [0.3, 0.4) is 0 Å². The van der Waals surface area contributed by atoms with Crippen LogP contribution in [0, 0.1) is 34.5 Å². The van der Waals surface area contributed by atoms with Gasteiger partial charge in [0.15, 0.2) is 12.6 Å². The van der Waals surface area contributed by atoms with Gasteiger partial charge in [0.1, 0.15) is 53.6 Å². The summed E-state index contributed by atoms with van der Waals surface area (Å²) < 4.78 is 56.5. The van der Waals surface area contributed by atoms with Gasteiger partial charge in [0, 0.05) is 44.8 Å². The molecular formula is C42H66O14. The Hall–Kier alpha value is -1.75. The second kappa shape index (κ2) is 15.4. The van der Waals surface area contributed by atoms with Crippen molar-refractivity contribution in [1.29, 1.82) is 0 Å². The van der Waals surface area contributed by atoms with Crippen LogP contribution < -0.4 is 0 Å². The molecule has 0 aromatic rings. The highest BCUT2D eigenvalue weighted by atomic mass is 16.7. The Morgan fingerprint density at radius 2 is 1.57 bits per heavy atom. The maximum absolute atomic E-state index is 13.7. The molecule has 2 spiro atoms. The number of epoxide rings is 1. The number of hydrogen-bond acceptors (Lipinski definition) is 14. The molecule has 4 saturated carbocycles. The van der Waals surface area contributed by atoms with Gasteiger partial charge in [0.05, 0.1) is 30.3 Å². The summed E-state index contributed by atoms with van der Waals surface area (Å²) in [6, 6.07) is 0. The molecule has 56 heavy (non-hydrogen) atoms. The molecule has 318 valence electrons. The highest BCUT2D eigenvalue weighted by Crippen LogP contribution is 2.81. The highest BCUT2D eigenvalue weighted by molar-refractivity contribution is 5.81. The number of Topliss-reactive ketones (excluding diaryl/α,β-unsaturated/α-hetero) is 1. The Morgan fingerprint density at radius 1 is 0.839 bits per heavy atom. The average molecular weight is 795 g/mol. The number of aliphatic hydroxyl groups excluding tert-OH is 2. The van der Waals surface area contributed by atoms with Crippen LogP contribution in [0.1, 0.15) is 113 Å². The summed E-state index contributed by atoms with van der Waals surface area (Å²) in [6.07, 6.45) is -2.23. The first-order valence-electron chi connectivity index (χ1n) is 21.0. The topological polar surface area (TPSA) is 178 Å². The van der Waals surface area contributed by atoms with Crippen LogP contribution in [0.5, 0.6) is 0 Å². The summed E-state index contributed by atoms with van der Waals surface area (Å²) in [5.41, 5.74) is -2.43. The van der Waals surface area contributed by atoms with Crippen molar-refractivity contribution in [2.45, 2.75) is 198 Å². The van der Waals surface area contributed by atoms with E-state index in [-0.39, 0.29) is 46.9 Å². The summed E-state index contributed by atoms with van der Waals surface area (Å²) >= 11 is 0. The summed E-state index contributed by atoms with van der Waals surface area (Å²) in [5.74, 6) is -1.53. The smallest absolute Gasteiger partial charge is 0.309 e. The molecule has 2 N–H and O–H groups in total. The maximum Gasteiger partial charge on any atom is 0.309 e. The lowest BCUT2D eigenvalue weighted by Gasteiger charge is -2.61. The molecule has 7 rings (SSSR count). The van der Waals surface area contributed by atoms with E-state index in [1.807, 2.05) is 27.7 Å². The summed E-state index contributed by atoms with van der Waals surface area (Å²) in [4.78, 5) is 39.9. The molecule has 4 aliphatic carbocycles. The fraction of sp³-hybridized carbons (Fsp3) is 0.929. The zero-order valence-corrected chi connectivity index (χ0v) is 34.9. The number of ether oxygens (including phenoxy) is 9. The number of rotatable bonds is 11. The van der Waals surface area contributed by atoms with Gasteiger partial charge in [-0.05, 0) is 83.5 Å². The van der Waals surface area contributed by atoms with E-state index in [0.29, 0.717) is 25.7 Å². The van der Waals surface area contributed by atoms with E-state index >= 15 is 0 Å². The van der Waals surface area contributed by atoms with Gasteiger partial charge in [-0.15, -0.1) is 0 Å². The van der Waals surface area contributed by atoms with Crippen LogP contribution in [-0.2, 0) is 57.0 Å². The lowest BCUT2D eigenvalue weighted by molar-refractivity contribution is -0.343. The van der Waals surface area contributed by atoms with Crippen molar-refractivity contribution in [3.05, 3.63) is 0 Å². The van der Waals surface area contributed by atoms with E-state index in [1.165, 1.54) is 14.0 Å². The van der Waals surface area contributed by atoms with E-state index in [1.54, 1.807) is 21.0 Å². The zero-order valence-electron chi connectivity index (χ0n) is 34.9. The number of fused-ring (bicyclic) bond motifs is 2. The van der Waals surface area contributed by atoms with Crippen LogP contribution in [0.25, 0.3) is 0 Å². The molecule has 0 amide bonds. The quantitative estimate of drug-likeness (QED) is 0.174. The second-order valence-corrected chi connectivity index (χ2v) is 18.6. The van der Waals surface area contributed by atoms with Crippen LogP contribution >= 0.6 is 0 Å². The van der Waals surface area contributed by atoms with E-state index in [0.717, 1.165) is 32.1 Å². The number of aliphatic hydroxyl groups is 2. The number of esters is 2. The average Bonchev–Trinajstić information content (AvgIpc) is 3.70. The van der Waals surface area contributed by atoms with Crippen molar-refractivity contribution in [3.8, 4) is 0 Å². The molecule has 20 atom stereocenters. The molecule has 0 bridgehead atoms. The van der Waals surface area contributed by atoms with Crippen molar-refractivity contribution in [1.82, 2.24) is 0 Å². The van der Waals surface area contributed by atoms with E-state index in [4.69, 9.17) is 42.6 Å². The number of carbonyl (C=O) groups is 3. The first-order valence-corrected chi connectivity index (χ1v) is 21.0. The number of methoxy groups -OCH3 is 2. The lowest BCUT2D eigenvalue weighted by Crippen LogP contribution is -2.70. The molecule has 3 aliphatic heterocycles. The molecule has 7 aliphatic rings. The third-order valence-corrected chi connectivity index (χ3v) is 15.8. The SMILES string of the molecule is CC[C@@H](C)C(=O)O[C@@H]1[C@@H](OC(C)=O)[C@@]2(C)[C@H](C(C)=O)CC[C@@]23O[C@]32CCC3CC(O[C@H]4C[C@@H](OC)[C@H](O[C@@H]5O[C@H](C)[C@@H](O)[C@@H](OC)[C@H]5O)[C@@H](C)O4)CC[C@]3(C)[C@H]12. The van der Waals surface area contributed by atoms with Gasteiger partial charge in [-0.3, -0.25) is 14.4 Å². The fourth-order valence-corrected chi connectivity index (χ4v) is 12.7. The Morgan fingerprint density at radius 3 is 2.21 bits per heavy atom. The Balaban J connectivity index is 1.10. The predicted molar refractivity (Wildman–Crippen MR) is 198 cm³/mol. The van der Waals surface area contributed by atoms with Gasteiger partial charge in [-0.1, -0.05) is 27.7 Å². The van der Waals surface area contributed by atoms with Gasteiger partial charge >= 0.3 is 11.9 Å². The number of ketones is 1. The fourth-order valence-electron chi connectivity index (χ4n) is 12.7. The van der Waals surface area contributed by atoms with E-state index in [2.05, 4.69) is 6.92 Å². The lowest BCUT2D eigenvalue weighted by atomic mass is 9.43.